The average molecular weight is 366 g/mol. The second-order valence-electron chi connectivity index (χ2n) is 6.28. The fraction of sp³-hybridized carbons (Fsp3) is 0.238. The summed E-state index contributed by atoms with van der Waals surface area (Å²) < 4.78 is 5.17. The van der Waals surface area contributed by atoms with E-state index in [0.29, 0.717) is 22.6 Å². The van der Waals surface area contributed by atoms with E-state index in [2.05, 4.69) is 0 Å². The fourth-order valence-electron chi connectivity index (χ4n) is 3.11. The van der Waals surface area contributed by atoms with Gasteiger partial charge in [-0.25, -0.2) is 0 Å². The van der Waals surface area contributed by atoms with Gasteiger partial charge >= 0.3 is 0 Å². The molecule has 1 N–H and O–H groups in total. The molecule has 0 spiro atoms. The van der Waals surface area contributed by atoms with Gasteiger partial charge in [0.2, 0.25) is 0 Å². The highest BCUT2D eigenvalue weighted by atomic mass is 16.5. The van der Waals surface area contributed by atoms with Gasteiger partial charge in [0.15, 0.2) is 0 Å². The molecule has 2 aromatic rings. The number of benzene rings is 2. The summed E-state index contributed by atoms with van der Waals surface area (Å²) in [6.45, 7) is 0.345. The lowest BCUT2D eigenvalue weighted by Crippen LogP contribution is -2.34. The van der Waals surface area contributed by atoms with Gasteiger partial charge in [-0.1, -0.05) is 42.5 Å². The predicted octanol–water partition coefficient (Wildman–Crippen LogP) is 1.90. The van der Waals surface area contributed by atoms with Crippen molar-refractivity contribution in [2.45, 2.75) is 6.54 Å². The molecule has 1 aliphatic rings. The zero-order valence-corrected chi connectivity index (χ0v) is 15.4. The first-order valence-electron chi connectivity index (χ1n) is 8.67. The number of carbonyl (C=O) groups excluding carboxylic acids is 2. The van der Waals surface area contributed by atoms with E-state index in [1.807, 2.05) is 30.3 Å². The van der Waals surface area contributed by atoms with Gasteiger partial charge in [-0.3, -0.25) is 14.5 Å². The molecule has 140 valence electrons. The van der Waals surface area contributed by atoms with Crippen molar-refractivity contribution < 1.29 is 19.4 Å². The second kappa shape index (κ2) is 8.05. The van der Waals surface area contributed by atoms with E-state index < -0.39 is 0 Å². The fourth-order valence-corrected chi connectivity index (χ4v) is 3.11. The second-order valence-corrected chi connectivity index (χ2v) is 6.28. The van der Waals surface area contributed by atoms with Crippen LogP contribution < -0.4 is 4.74 Å². The van der Waals surface area contributed by atoms with Crippen molar-refractivity contribution in [3.63, 3.8) is 0 Å². The molecule has 0 radical (unpaired) electrons. The molecule has 0 saturated heterocycles. The standard InChI is InChI=1S/C21H22N2O4/c1-22(12-13-24)19-18(16-8-10-17(27-2)11-9-16)20(25)23(21(19)26)14-15-6-4-3-5-7-15/h3-11,24H,12-14H2,1-2H3. The minimum absolute atomic E-state index is 0.115. The largest absolute Gasteiger partial charge is 0.497 e. The SMILES string of the molecule is COc1ccc(C2=C(N(C)CCO)C(=O)N(Cc3ccccc3)C2=O)cc1. The highest BCUT2D eigenvalue weighted by Gasteiger charge is 2.40. The van der Waals surface area contributed by atoms with Crippen molar-refractivity contribution in [3.8, 4) is 5.75 Å². The van der Waals surface area contributed by atoms with E-state index in [1.54, 1.807) is 43.3 Å². The highest BCUT2D eigenvalue weighted by molar-refractivity contribution is 6.35. The Bertz CT molecular complexity index is 860. The Morgan fingerprint density at radius 3 is 2.26 bits per heavy atom. The quantitative estimate of drug-likeness (QED) is 0.758. The van der Waals surface area contributed by atoms with E-state index in [9.17, 15) is 14.7 Å². The maximum Gasteiger partial charge on any atom is 0.278 e. The van der Waals surface area contributed by atoms with Crippen LogP contribution in [0.15, 0.2) is 60.3 Å². The molecule has 1 aliphatic heterocycles. The van der Waals surface area contributed by atoms with Gasteiger partial charge in [0.05, 0.1) is 25.8 Å². The molecule has 6 nitrogen and oxygen atoms in total. The number of hydrogen-bond donors (Lipinski definition) is 1. The molecule has 0 aliphatic carbocycles. The van der Waals surface area contributed by atoms with Crippen molar-refractivity contribution in [2.75, 3.05) is 27.3 Å². The molecule has 27 heavy (non-hydrogen) atoms. The molecule has 0 atom stereocenters. The third-order valence-electron chi connectivity index (χ3n) is 4.52. The maximum atomic E-state index is 13.1. The predicted molar refractivity (Wildman–Crippen MR) is 102 cm³/mol. The minimum atomic E-state index is -0.356. The zero-order valence-electron chi connectivity index (χ0n) is 15.4. The molecular weight excluding hydrogens is 344 g/mol. The van der Waals surface area contributed by atoms with Crippen LogP contribution in [0.3, 0.4) is 0 Å². The Kier molecular flexibility index (Phi) is 5.57. The number of nitrogens with zero attached hydrogens (tertiary/aromatic N) is 2. The number of hydrogen-bond acceptors (Lipinski definition) is 5. The average Bonchev–Trinajstić information content (AvgIpc) is 2.94. The topological polar surface area (TPSA) is 70.1 Å². The summed E-state index contributed by atoms with van der Waals surface area (Å²) in [6.07, 6.45) is 0. The Balaban J connectivity index is 2.00. The van der Waals surface area contributed by atoms with Crippen molar-refractivity contribution in [1.29, 1.82) is 0 Å². The van der Waals surface area contributed by atoms with Crippen molar-refractivity contribution in [3.05, 3.63) is 71.4 Å². The normalized spacial score (nSPS) is 14.1. The van der Waals surface area contributed by atoms with E-state index in [1.165, 1.54) is 4.90 Å². The number of likely N-dealkylation sites (N-methyl/N-ethyl adjacent to an activating group) is 1. The van der Waals surface area contributed by atoms with Crippen LogP contribution >= 0.6 is 0 Å². The highest BCUT2D eigenvalue weighted by Crippen LogP contribution is 2.32. The van der Waals surface area contributed by atoms with Gasteiger partial charge < -0.3 is 14.7 Å². The monoisotopic (exact) mass is 366 g/mol. The van der Waals surface area contributed by atoms with Gasteiger partial charge in [0.1, 0.15) is 11.4 Å². The van der Waals surface area contributed by atoms with E-state index >= 15 is 0 Å². The third kappa shape index (κ3) is 3.71. The Labute approximate surface area is 158 Å². The van der Waals surface area contributed by atoms with Gasteiger partial charge in [-0.05, 0) is 23.3 Å². The van der Waals surface area contributed by atoms with Gasteiger partial charge in [0, 0.05) is 13.6 Å². The van der Waals surface area contributed by atoms with Crippen molar-refractivity contribution in [1.82, 2.24) is 9.80 Å². The first-order valence-corrected chi connectivity index (χ1v) is 8.67. The number of imide groups is 1. The lowest BCUT2D eigenvalue weighted by Gasteiger charge is -2.20. The molecule has 0 aromatic heterocycles. The molecule has 1 heterocycles. The third-order valence-corrected chi connectivity index (χ3v) is 4.52. The van der Waals surface area contributed by atoms with E-state index in [-0.39, 0.29) is 31.5 Å². The molecule has 3 rings (SSSR count). The molecule has 0 saturated carbocycles. The minimum Gasteiger partial charge on any atom is -0.497 e. The zero-order chi connectivity index (χ0) is 19.4. The van der Waals surface area contributed by atoms with Gasteiger partial charge in [-0.2, -0.15) is 0 Å². The Morgan fingerprint density at radius 2 is 1.67 bits per heavy atom. The lowest BCUT2D eigenvalue weighted by molar-refractivity contribution is -0.138. The van der Waals surface area contributed by atoms with Crippen LogP contribution in [0.5, 0.6) is 5.75 Å². The Morgan fingerprint density at radius 1 is 1.00 bits per heavy atom. The summed E-state index contributed by atoms with van der Waals surface area (Å²) in [5.41, 5.74) is 2.16. The van der Waals surface area contributed by atoms with Gasteiger partial charge in [-0.15, -0.1) is 0 Å². The first-order chi connectivity index (χ1) is 13.1. The van der Waals surface area contributed by atoms with Crippen LogP contribution in [-0.4, -0.2) is 54.0 Å². The van der Waals surface area contributed by atoms with Crippen LogP contribution in [-0.2, 0) is 16.1 Å². The number of aliphatic hydroxyl groups excluding tert-OH is 1. The molecule has 2 amide bonds. The molecule has 6 heteroatoms. The van der Waals surface area contributed by atoms with Crippen LogP contribution in [0.1, 0.15) is 11.1 Å². The summed E-state index contributed by atoms with van der Waals surface area (Å²) >= 11 is 0. The number of carbonyl (C=O) groups is 2. The molecule has 2 aromatic carbocycles. The van der Waals surface area contributed by atoms with Crippen LogP contribution in [0, 0.1) is 0 Å². The maximum absolute atomic E-state index is 13.1. The number of aliphatic hydroxyl groups is 1. The molecule has 0 unspecified atom stereocenters. The first kappa shape index (κ1) is 18.7. The van der Waals surface area contributed by atoms with E-state index in [4.69, 9.17) is 4.74 Å². The molecule has 0 bridgehead atoms. The number of ether oxygens (including phenoxy) is 1. The smallest absolute Gasteiger partial charge is 0.278 e. The summed E-state index contributed by atoms with van der Waals surface area (Å²) in [6, 6.07) is 16.4. The van der Waals surface area contributed by atoms with E-state index in [0.717, 1.165) is 5.56 Å². The van der Waals surface area contributed by atoms with Crippen LogP contribution in [0.4, 0.5) is 0 Å². The lowest BCUT2D eigenvalue weighted by atomic mass is 10.0. The number of rotatable bonds is 7. The Hall–Kier alpha value is -3.12. The van der Waals surface area contributed by atoms with Crippen LogP contribution in [0.25, 0.3) is 5.57 Å². The van der Waals surface area contributed by atoms with Crippen LogP contribution in [0.2, 0.25) is 0 Å². The van der Waals surface area contributed by atoms with Crippen molar-refractivity contribution >= 4 is 17.4 Å². The summed E-state index contributed by atoms with van der Waals surface area (Å²) in [4.78, 5) is 29.0. The van der Waals surface area contributed by atoms with Gasteiger partial charge in [0.25, 0.3) is 11.8 Å². The molecule has 0 fully saturated rings. The summed E-state index contributed by atoms with van der Waals surface area (Å²) in [7, 11) is 3.27. The molecular formula is C21H22N2O4. The summed E-state index contributed by atoms with van der Waals surface area (Å²) in [5.74, 6) is -0.0260. The number of amides is 2. The van der Waals surface area contributed by atoms with Crippen molar-refractivity contribution in [2.24, 2.45) is 0 Å². The number of methoxy groups -OCH3 is 1. The summed E-state index contributed by atoms with van der Waals surface area (Å²) in [5, 5.41) is 9.28.